The fraction of sp³-hybridized carbons (Fsp3) is 0.739. The minimum atomic E-state index is -4.08. The number of nitrogens with zero attached hydrogens (tertiary/aromatic N) is 2. The zero-order chi connectivity index (χ0) is 28.7. The van der Waals surface area contributed by atoms with E-state index in [2.05, 4.69) is 4.98 Å². The van der Waals surface area contributed by atoms with Crippen molar-refractivity contribution in [1.82, 2.24) is 9.55 Å². The molecule has 0 amide bonds. The highest BCUT2D eigenvalue weighted by Crippen LogP contribution is 2.51. The molecule has 0 radical (unpaired) electrons. The fourth-order valence-corrected chi connectivity index (χ4v) is 7.51. The molecule has 1 fully saturated rings. The Bertz CT molecular complexity index is 1040. The largest absolute Gasteiger partial charge is 0.474 e. The van der Waals surface area contributed by atoms with Gasteiger partial charge in [-0.15, -0.1) is 11.8 Å². The van der Waals surface area contributed by atoms with Gasteiger partial charge in [-0.25, -0.2) is 9.36 Å². The molecule has 0 spiro atoms. The smallest absolute Gasteiger partial charge is 0.392 e. The number of hydrogen-bond donors (Lipinski definition) is 2. The second-order valence-electron chi connectivity index (χ2n) is 10.7. The molecule has 1 aromatic rings. The summed E-state index contributed by atoms with van der Waals surface area (Å²) in [5, 5.41) is 9.58. The summed E-state index contributed by atoms with van der Waals surface area (Å²) in [6, 6.07) is 1.50. The third-order valence-corrected chi connectivity index (χ3v) is 10.6. The Hall–Kier alpha value is -0.860. The lowest BCUT2D eigenvalue weighted by molar-refractivity contribution is -0.118. The summed E-state index contributed by atoms with van der Waals surface area (Å²) in [7, 11) is -4.08. The second-order valence-corrected chi connectivity index (χ2v) is 15.9. The van der Waals surface area contributed by atoms with E-state index in [-0.39, 0.29) is 53.8 Å². The first-order chi connectivity index (χ1) is 17.5. The summed E-state index contributed by atoms with van der Waals surface area (Å²) in [6.45, 7) is 10.6. The number of aliphatic hydroxyl groups excluding tert-OH is 1. The quantitative estimate of drug-likeness (QED) is 0.258. The molecular formula is C23H38N3O8PS3. The van der Waals surface area contributed by atoms with Gasteiger partial charge in [-0.2, -0.15) is 4.98 Å². The van der Waals surface area contributed by atoms with Crippen LogP contribution in [-0.4, -0.2) is 67.6 Å². The molecule has 1 aliphatic heterocycles. The van der Waals surface area contributed by atoms with Crippen molar-refractivity contribution in [2.24, 2.45) is 10.8 Å². The molecule has 0 bridgehead atoms. The van der Waals surface area contributed by atoms with Crippen molar-refractivity contribution in [1.29, 1.82) is 0 Å². The first-order valence-corrected chi connectivity index (χ1v) is 16.5. The Balaban J connectivity index is 1.98. The van der Waals surface area contributed by atoms with Crippen molar-refractivity contribution in [2.45, 2.75) is 64.7 Å². The Morgan fingerprint density at radius 1 is 1.11 bits per heavy atom. The van der Waals surface area contributed by atoms with E-state index in [9.17, 15) is 24.1 Å². The van der Waals surface area contributed by atoms with E-state index in [0.717, 1.165) is 23.5 Å². The summed E-state index contributed by atoms with van der Waals surface area (Å²) in [4.78, 5) is 40.2. The highest BCUT2D eigenvalue weighted by molar-refractivity contribution is 8.14. The number of phosphoric acid groups is 1. The molecule has 0 unspecified atom stereocenters. The van der Waals surface area contributed by atoms with Crippen LogP contribution in [-0.2, 0) is 27.7 Å². The Labute approximate surface area is 236 Å². The normalized spacial score (nSPS) is 20.6. The van der Waals surface area contributed by atoms with Crippen LogP contribution in [0.2, 0.25) is 0 Å². The van der Waals surface area contributed by atoms with Gasteiger partial charge < -0.3 is 10.8 Å². The standard InChI is InChI=1S/C23H38N3O8PS3/c1-22(2,3)19(28)36-11-9-32-35(31,33-10-12-37-20(29)23(4,5)6)34-14-16-15(27)13-18(38-16)26-8-7-17(24)25-21(26)30/h7-8,15-16,18,27H,9-14H2,1-6H3,(H2,24,25,30)/t15-,16+,18+/m1/s1. The predicted molar refractivity (Wildman–Crippen MR) is 153 cm³/mol. The molecule has 38 heavy (non-hydrogen) atoms. The van der Waals surface area contributed by atoms with Gasteiger partial charge in [0, 0.05) is 35.0 Å². The number of carbonyl (C=O) groups is 2. The van der Waals surface area contributed by atoms with Crippen LogP contribution in [0, 0.1) is 10.8 Å². The molecular weight excluding hydrogens is 573 g/mol. The number of thioether (sulfide) groups is 3. The molecule has 1 saturated heterocycles. The Morgan fingerprint density at radius 2 is 1.63 bits per heavy atom. The van der Waals surface area contributed by atoms with E-state index >= 15 is 0 Å². The highest BCUT2D eigenvalue weighted by atomic mass is 32.2. The zero-order valence-corrected chi connectivity index (χ0v) is 25.9. The van der Waals surface area contributed by atoms with E-state index in [1.165, 1.54) is 28.6 Å². The zero-order valence-electron chi connectivity index (χ0n) is 22.6. The van der Waals surface area contributed by atoms with Crippen LogP contribution < -0.4 is 11.4 Å². The number of carbonyl (C=O) groups excluding carboxylic acids is 2. The summed E-state index contributed by atoms with van der Waals surface area (Å²) in [5.74, 6) is 0.606. The van der Waals surface area contributed by atoms with Gasteiger partial charge >= 0.3 is 13.5 Å². The number of nitrogens with two attached hydrogens (primary N) is 1. The predicted octanol–water partition coefficient (Wildman–Crippen LogP) is 3.96. The van der Waals surface area contributed by atoms with Gasteiger partial charge in [0.1, 0.15) is 5.82 Å². The van der Waals surface area contributed by atoms with Gasteiger partial charge in [-0.05, 0) is 6.07 Å². The molecule has 11 nitrogen and oxygen atoms in total. The molecule has 0 aromatic carbocycles. The fourth-order valence-electron chi connectivity index (χ4n) is 2.96. The number of aromatic nitrogens is 2. The van der Waals surface area contributed by atoms with E-state index in [1.54, 1.807) is 0 Å². The average Bonchev–Trinajstić information content (AvgIpc) is 3.17. The Morgan fingerprint density at radius 3 is 2.11 bits per heavy atom. The monoisotopic (exact) mass is 611 g/mol. The number of rotatable bonds is 12. The van der Waals surface area contributed by atoms with Gasteiger partial charge in [0.25, 0.3) is 0 Å². The summed E-state index contributed by atoms with van der Waals surface area (Å²) >= 11 is 3.41. The number of phosphoric ester groups is 1. The SMILES string of the molecule is CC(C)(C)C(=O)SCCOP(=O)(OCCSC(=O)C(C)(C)C)OC[C@@H]1S[C@H](n2ccc(N)nc2=O)C[C@H]1O. The summed E-state index contributed by atoms with van der Waals surface area (Å²) in [5.41, 5.74) is 3.98. The highest BCUT2D eigenvalue weighted by Gasteiger charge is 2.38. The van der Waals surface area contributed by atoms with Crippen molar-refractivity contribution in [3.05, 3.63) is 22.7 Å². The molecule has 2 heterocycles. The Kier molecular flexibility index (Phi) is 12.4. The van der Waals surface area contributed by atoms with Gasteiger partial charge in [-0.3, -0.25) is 27.7 Å². The number of aliphatic hydroxyl groups is 1. The molecule has 3 N–H and O–H groups in total. The van der Waals surface area contributed by atoms with Gasteiger partial charge in [0.05, 0.1) is 36.5 Å². The summed E-state index contributed by atoms with van der Waals surface area (Å²) < 4.78 is 31.3. The van der Waals surface area contributed by atoms with Crippen molar-refractivity contribution < 1.29 is 32.8 Å². The van der Waals surface area contributed by atoms with Crippen LogP contribution in [0.1, 0.15) is 53.3 Å². The van der Waals surface area contributed by atoms with Crippen LogP contribution in [0.5, 0.6) is 0 Å². The van der Waals surface area contributed by atoms with E-state index in [4.69, 9.17) is 19.3 Å². The van der Waals surface area contributed by atoms with E-state index < -0.39 is 41.1 Å². The van der Waals surface area contributed by atoms with Crippen molar-refractivity contribution in [2.75, 3.05) is 37.1 Å². The molecule has 1 aromatic heterocycles. The number of nitrogen functional groups attached to an aromatic ring is 1. The van der Waals surface area contributed by atoms with Gasteiger partial charge in [0.2, 0.25) is 0 Å². The molecule has 216 valence electrons. The van der Waals surface area contributed by atoms with Gasteiger partial charge in [-0.1, -0.05) is 65.1 Å². The van der Waals surface area contributed by atoms with Crippen LogP contribution in [0.3, 0.4) is 0 Å². The molecule has 0 aliphatic carbocycles. The number of hydrogen-bond acceptors (Lipinski definition) is 13. The van der Waals surface area contributed by atoms with Crippen LogP contribution >= 0.6 is 43.1 Å². The second kappa shape index (κ2) is 14.2. The lowest BCUT2D eigenvalue weighted by atomic mass is 9.99. The minimum Gasteiger partial charge on any atom is -0.392 e. The van der Waals surface area contributed by atoms with Crippen molar-refractivity contribution in [3.63, 3.8) is 0 Å². The molecule has 15 heteroatoms. The lowest BCUT2D eigenvalue weighted by Gasteiger charge is -2.21. The average molecular weight is 612 g/mol. The third kappa shape index (κ3) is 10.6. The van der Waals surface area contributed by atoms with E-state index in [1.807, 2.05) is 41.5 Å². The molecule has 1 aliphatic rings. The van der Waals surface area contributed by atoms with Crippen molar-refractivity contribution in [3.8, 4) is 0 Å². The maximum atomic E-state index is 13.4. The van der Waals surface area contributed by atoms with Crippen LogP contribution in [0.25, 0.3) is 0 Å². The maximum absolute atomic E-state index is 13.4. The molecule has 2 rings (SSSR count). The molecule has 3 atom stereocenters. The summed E-state index contributed by atoms with van der Waals surface area (Å²) in [6.07, 6.45) is 0.929. The maximum Gasteiger partial charge on any atom is 0.474 e. The minimum absolute atomic E-state index is 0.0289. The first kappa shape index (κ1) is 33.3. The van der Waals surface area contributed by atoms with Crippen LogP contribution in [0.15, 0.2) is 17.1 Å². The van der Waals surface area contributed by atoms with Crippen molar-refractivity contribution >= 4 is 59.2 Å². The van der Waals surface area contributed by atoms with Crippen LogP contribution in [0.4, 0.5) is 5.82 Å². The molecule has 0 saturated carbocycles. The van der Waals surface area contributed by atoms with Gasteiger partial charge in [0.15, 0.2) is 10.2 Å². The first-order valence-electron chi connectivity index (χ1n) is 12.1. The topological polar surface area (TPSA) is 160 Å². The lowest BCUT2D eigenvalue weighted by Crippen LogP contribution is -2.25. The van der Waals surface area contributed by atoms with E-state index in [0.29, 0.717) is 0 Å². The number of anilines is 1. The third-order valence-electron chi connectivity index (χ3n) is 5.12.